The third-order valence-corrected chi connectivity index (χ3v) is 3.26. The fourth-order valence-corrected chi connectivity index (χ4v) is 2.10. The van der Waals surface area contributed by atoms with Gasteiger partial charge in [-0.15, -0.1) is 0 Å². The molecule has 0 N–H and O–H groups in total. The van der Waals surface area contributed by atoms with E-state index in [0.717, 1.165) is 9.13 Å². The van der Waals surface area contributed by atoms with E-state index in [1.54, 1.807) is 6.92 Å². The van der Waals surface area contributed by atoms with Gasteiger partial charge in [0.25, 0.3) is 5.56 Å². The van der Waals surface area contributed by atoms with Gasteiger partial charge in [-0.25, -0.2) is 9.78 Å². The van der Waals surface area contributed by atoms with Crippen LogP contribution in [0.25, 0.3) is 11.2 Å². The first-order valence-corrected chi connectivity index (χ1v) is 6.70. The van der Waals surface area contributed by atoms with Crippen LogP contribution in [-0.4, -0.2) is 37.2 Å². The van der Waals surface area contributed by atoms with Gasteiger partial charge >= 0.3 is 11.7 Å². The van der Waals surface area contributed by atoms with E-state index in [0.29, 0.717) is 0 Å². The summed E-state index contributed by atoms with van der Waals surface area (Å²) in [6, 6.07) is 0. The normalized spacial score (nSPS) is 10.9. The summed E-state index contributed by atoms with van der Waals surface area (Å²) in [4.78, 5) is 51.4. The first-order valence-electron chi connectivity index (χ1n) is 6.70. The number of aryl methyl sites for hydroxylation is 1. The lowest BCUT2D eigenvalue weighted by Crippen LogP contribution is -2.38. The molecule has 0 radical (unpaired) electrons. The number of ether oxygens (including phenoxy) is 1. The minimum atomic E-state index is -0.611. The largest absolute Gasteiger partial charge is 0.466 e. The second kappa shape index (κ2) is 5.96. The number of fused-ring (bicyclic) bond motifs is 1. The summed E-state index contributed by atoms with van der Waals surface area (Å²) >= 11 is 0. The Kier molecular flexibility index (Phi) is 4.25. The lowest BCUT2D eigenvalue weighted by Gasteiger charge is -2.05. The number of rotatable bonds is 4. The number of carbonyl (C=O) groups is 2. The van der Waals surface area contributed by atoms with Crippen molar-refractivity contribution in [1.29, 1.82) is 0 Å². The molecule has 0 fully saturated rings. The molecule has 2 aromatic rings. The van der Waals surface area contributed by atoms with Crippen LogP contribution >= 0.6 is 0 Å². The van der Waals surface area contributed by atoms with Crippen LogP contribution in [-0.2, 0) is 23.6 Å². The number of hydrogen-bond donors (Lipinski definition) is 0. The van der Waals surface area contributed by atoms with Crippen LogP contribution in [0, 0.1) is 0 Å². The number of hydrogen-bond acceptors (Lipinski definition) is 6. The molecule has 2 heterocycles. The Morgan fingerprint density at radius 2 is 1.86 bits per heavy atom. The minimum Gasteiger partial charge on any atom is -0.466 e. The molecule has 9 nitrogen and oxygen atoms in total. The third-order valence-electron chi connectivity index (χ3n) is 3.26. The van der Waals surface area contributed by atoms with E-state index in [9.17, 15) is 19.2 Å². The lowest BCUT2D eigenvalue weighted by molar-refractivity contribution is -0.143. The van der Waals surface area contributed by atoms with Gasteiger partial charge in [-0.2, -0.15) is 0 Å². The number of carbonyl (C=O) groups excluding carboxylic acids is 2. The Hall–Kier alpha value is -2.71. The molecule has 0 unspecified atom stereocenters. The Bertz CT molecular complexity index is 858. The third kappa shape index (κ3) is 2.57. The molecule has 2 aromatic heterocycles. The summed E-state index contributed by atoms with van der Waals surface area (Å²) in [6.07, 6.45) is 0.980. The Morgan fingerprint density at radius 3 is 2.50 bits per heavy atom. The highest BCUT2D eigenvalue weighted by molar-refractivity contribution is 5.90. The van der Waals surface area contributed by atoms with E-state index >= 15 is 0 Å². The molecule has 9 heteroatoms. The van der Waals surface area contributed by atoms with Crippen LogP contribution in [0.3, 0.4) is 0 Å². The summed E-state index contributed by atoms with van der Waals surface area (Å²) in [6.45, 7) is 1.91. The van der Waals surface area contributed by atoms with Gasteiger partial charge in [0, 0.05) is 20.5 Å². The Balaban J connectivity index is 2.41. The smallest absolute Gasteiger partial charge is 0.332 e. The van der Waals surface area contributed by atoms with Gasteiger partial charge in [-0.1, -0.05) is 0 Å². The number of imidazole rings is 1. The predicted octanol–water partition coefficient (Wildman–Crippen LogP) is -0.583. The van der Waals surface area contributed by atoms with Crippen molar-refractivity contribution in [2.75, 3.05) is 6.61 Å². The predicted molar refractivity (Wildman–Crippen MR) is 76.7 cm³/mol. The maximum Gasteiger partial charge on any atom is 0.332 e. The molecule has 118 valence electrons. The average molecular weight is 308 g/mol. The van der Waals surface area contributed by atoms with Crippen LogP contribution in [0.4, 0.5) is 0 Å². The Morgan fingerprint density at radius 1 is 1.18 bits per heavy atom. The molecule has 0 bridgehead atoms. The van der Waals surface area contributed by atoms with Crippen molar-refractivity contribution in [3.63, 3.8) is 0 Å². The van der Waals surface area contributed by atoms with E-state index in [4.69, 9.17) is 4.74 Å². The van der Waals surface area contributed by atoms with E-state index in [1.807, 2.05) is 0 Å². The van der Waals surface area contributed by atoms with Crippen molar-refractivity contribution in [1.82, 2.24) is 18.7 Å². The zero-order chi connectivity index (χ0) is 16.4. The summed E-state index contributed by atoms with van der Waals surface area (Å²) < 4.78 is 7.90. The molecule has 22 heavy (non-hydrogen) atoms. The number of aromatic nitrogens is 4. The van der Waals surface area contributed by atoms with Crippen molar-refractivity contribution < 1.29 is 14.3 Å². The standard InChI is InChI=1S/C13H16N4O5/c1-4-22-9(19)6-5-8(18)17-7-14-11-10(17)12(20)16(3)13(21)15(11)2/h7H,4-6H2,1-3H3. The van der Waals surface area contributed by atoms with Gasteiger partial charge in [0.2, 0.25) is 5.91 Å². The first-order chi connectivity index (χ1) is 10.4. The van der Waals surface area contributed by atoms with Crippen molar-refractivity contribution in [2.45, 2.75) is 19.8 Å². The number of nitrogens with zero attached hydrogens (tertiary/aromatic N) is 4. The second-order valence-corrected chi connectivity index (χ2v) is 4.69. The zero-order valence-electron chi connectivity index (χ0n) is 12.5. The van der Waals surface area contributed by atoms with Crippen LogP contribution < -0.4 is 11.2 Å². The summed E-state index contributed by atoms with van der Waals surface area (Å²) in [5.41, 5.74) is -1.00. The molecule has 0 amide bonds. The van der Waals surface area contributed by atoms with Crippen molar-refractivity contribution in [2.24, 2.45) is 14.1 Å². The highest BCUT2D eigenvalue weighted by Gasteiger charge is 2.18. The second-order valence-electron chi connectivity index (χ2n) is 4.69. The van der Waals surface area contributed by atoms with Crippen molar-refractivity contribution in [3.05, 3.63) is 27.2 Å². The fourth-order valence-electron chi connectivity index (χ4n) is 2.10. The molecule has 0 saturated heterocycles. The summed E-state index contributed by atoms with van der Waals surface area (Å²) in [5.74, 6) is -0.952. The lowest BCUT2D eigenvalue weighted by atomic mass is 10.3. The maximum absolute atomic E-state index is 12.2. The highest BCUT2D eigenvalue weighted by atomic mass is 16.5. The highest BCUT2D eigenvalue weighted by Crippen LogP contribution is 2.07. The molecular formula is C13H16N4O5. The van der Waals surface area contributed by atoms with Gasteiger partial charge in [0.1, 0.15) is 6.33 Å². The first kappa shape index (κ1) is 15.7. The molecular weight excluding hydrogens is 292 g/mol. The van der Waals surface area contributed by atoms with Crippen LogP contribution in [0.1, 0.15) is 24.6 Å². The fraction of sp³-hybridized carbons (Fsp3) is 0.462. The quantitative estimate of drug-likeness (QED) is 0.700. The van der Waals surface area contributed by atoms with E-state index in [1.165, 1.54) is 25.0 Å². The van der Waals surface area contributed by atoms with Crippen LogP contribution in [0.15, 0.2) is 15.9 Å². The summed E-state index contributed by atoms with van der Waals surface area (Å²) in [7, 11) is 2.79. The van der Waals surface area contributed by atoms with E-state index in [2.05, 4.69) is 4.98 Å². The Labute approximate surface area is 124 Å². The van der Waals surface area contributed by atoms with Gasteiger partial charge in [0.15, 0.2) is 11.2 Å². The molecule has 0 saturated carbocycles. The maximum atomic E-state index is 12.2. The van der Waals surface area contributed by atoms with Gasteiger partial charge in [0.05, 0.1) is 13.0 Å². The summed E-state index contributed by atoms with van der Waals surface area (Å²) in [5, 5.41) is 0. The van der Waals surface area contributed by atoms with E-state index < -0.39 is 23.1 Å². The van der Waals surface area contributed by atoms with Crippen LogP contribution in [0.5, 0.6) is 0 Å². The monoisotopic (exact) mass is 308 g/mol. The van der Waals surface area contributed by atoms with Gasteiger partial charge in [-0.05, 0) is 6.92 Å². The van der Waals surface area contributed by atoms with E-state index in [-0.39, 0.29) is 30.6 Å². The topological polar surface area (TPSA) is 105 Å². The molecule has 0 aliphatic heterocycles. The molecule has 0 spiro atoms. The molecule has 0 aliphatic rings. The van der Waals surface area contributed by atoms with Crippen molar-refractivity contribution >= 4 is 23.0 Å². The molecule has 0 aliphatic carbocycles. The van der Waals surface area contributed by atoms with Crippen molar-refractivity contribution in [3.8, 4) is 0 Å². The number of esters is 1. The molecule has 2 rings (SSSR count). The average Bonchev–Trinajstić information content (AvgIpc) is 2.94. The minimum absolute atomic E-state index is 0.0125. The zero-order valence-corrected chi connectivity index (χ0v) is 12.5. The molecule has 0 aromatic carbocycles. The SMILES string of the molecule is CCOC(=O)CCC(=O)n1cnc2c1c(=O)n(C)c(=O)n2C. The van der Waals surface area contributed by atoms with Gasteiger partial charge in [-0.3, -0.25) is 28.1 Å². The van der Waals surface area contributed by atoms with Gasteiger partial charge < -0.3 is 4.74 Å². The molecule has 0 atom stereocenters. The van der Waals surface area contributed by atoms with Crippen LogP contribution in [0.2, 0.25) is 0 Å².